The van der Waals surface area contributed by atoms with Crippen LogP contribution in [0.5, 0.6) is 0 Å². The Hall–Kier alpha value is -1.48. The maximum Gasteiger partial charge on any atom is 0.174 e. The third-order valence-corrected chi connectivity index (χ3v) is 3.16. The molecule has 3 heteroatoms. The van der Waals surface area contributed by atoms with Crippen molar-refractivity contribution in [2.45, 2.75) is 19.8 Å². The number of carbonyl (C=O) groups excluding carboxylic acids is 1. The standard InChI is InChI=1S/C13H13NOS/c1-2-6-12(15)13-9-11(14-16-13)10-7-4-3-5-8-10/h3-5,7-9H,2,6H2,1H3. The Morgan fingerprint density at radius 2 is 2.06 bits per heavy atom. The van der Waals surface area contributed by atoms with Crippen LogP contribution in [0.3, 0.4) is 0 Å². The van der Waals surface area contributed by atoms with Gasteiger partial charge in [-0.2, -0.15) is 4.37 Å². The van der Waals surface area contributed by atoms with Crippen molar-refractivity contribution < 1.29 is 4.79 Å². The second-order valence-electron chi connectivity index (χ2n) is 3.62. The molecule has 0 bridgehead atoms. The molecule has 0 aliphatic heterocycles. The van der Waals surface area contributed by atoms with E-state index in [1.807, 2.05) is 43.3 Å². The van der Waals surface area contributed by atoms with Gasteiger partial charge in [-0.1, -0.05) is 37.3 Å². The Labute approximate surface area is 99.1 Å². The summed E-state index contributed by atoms with van der Waals surface area (Å²) in [6.45, 7) is 2.01. The van der Waals surface area contributed by atoms with Crippen LogP contribution in [0.15, 0.2) is 36.4 Å². The highest BCUT2D eigenvalue weighted by molar-refractivity contribution is 7.08. The zero-order valence-corrected chi connectivity index (χ0v) is 9.96. The van der Waals surface area contributed by atoms with Gasteiger partial charge >= 0.3 is 0 Å². The van der Waals surface area contributed by atoms with Crippen molar-refractivity contribution in [2.24, 2.45) is 0 Å². The Morgan fingerprint density at radius 1 is 1.31 bits per heavy atom. The van der Waals surface area contributed by atoms with E-state index in [1.54, 1.807) is 0 Å². The smallest absolute Gasteiger partial charge is 0.174 e. The quantitative estimate of drug-likeness (QED) is 0.749. The van der Waals surface area contributed by atoms with Gasteiger partial charge in [0.25, 0.3) is 0 Å². The molecule has 1 aromatic carbocycles. The molecule has 16 heavy (non-hydrogen) atoms. The Kier molecular flexibility index (Phi) is 3.47. The molecule has 1 heterocycles. The molecule has 0 radical (unpaired) electrons. The van der Waals surface area contributed by atoms with Gasteiger partial charge in [-0.15, -0.1) is 0 Å². The molecule has 0 amide bonds. The predicted octanol–water partition coefficient (Wildman–Crippen LogP) is 3.79. The second-order valence-corrected chi connectivity index (χ2v) is 4.42. The van der Waals surface area contributed by atoms with Crippen molar-refractivity contribution in [3.63, 3.8) is 0 Å². The maximum absolute atomic E-state index is 11.7. The van der Waals surface area contributed by atoms with Crippen molar-refractivity contribution in [3.8, 4) is 11.3 Å². The van der Waals surface area contributed by atoms with E-state index in [9.17, 15) is 4.79 Å². The fourth-order valence-electron chi connectivity index (χ4n) is 1.50. The van der Waals surface area contributed by atoms with Crippen LogP contribution in [0, 0.1) is 0 Å². The van der Waals surface area contributed by atoms with Crippen LogP contribution in [0.2, 0.25) is 0 Å². The maximum atomic E-state index is 11.7. The van der Waals surface area contributed by atoms with Gasteiger partial charge in [0, 0.05) is 12.0 Å². The average molecular weight is 231 g/mol. The average Bonchev–Trinajstić information content (AvgIpc) is 2.80. The molecule has 82 valence electrons. The summed E-state index contributed by atoms with van der Waals surface area (Å²) in [6.07, 6.45) is 1.49. The van der Waals surface area contributed by atoms with Crippen molar-refractivity contribution in [2.75, 3.05) is 0 Å². The summed E-state index contributed by atoms with van der Waals surface area (Å²) < 4.78 is 4.31. The molecule has 0 atom stereocenters. The highest BCUT2D eigenvalue weighted by Crippen LogP contribution is 2.22. The SMILES string of the molecule is CCCC(=O)c1cc(-c2ccccc2)ns1. The molecule has 0 saturated carbocycles. The van der Waals surface area contributed by atoms with E-state index in [-0.39, 0.29) is 5.78 Å². The number of benzene rings is 1. The topological polar surface area (TPSA) is 30.0 Å². The molecule has 0 saturated heterocycles. The van der Waals surface area contributed by atoms with Crippen LogP contribution in [-0.4, -0.2) is 10.2 Å². The van der Waals surface area contributed by atoms with E-state index in [2.05, 4.69) is 4.37 Å². The van der Waals surface area contributed by atoms with Crippen molar-refractivity contribution in [3.05, 3.63) is 41.3 Å². The van der Waals surface area contributed by atoms with E-state index in [1.165, 1.54) is 11.5 Å². The largest absolute Gasteiger partial charge is 0.293 e. The number of ketones is 1. The van der Waals surface area contributed by atoms with Crippen LogP contribution in [0.4, 0.5) is 0 Å². The summed E-state index contributed by atoms with van der Waals surface area (Å²) >= 11 is 1.29. The normalized spacial score (nSPS) is 10.3. The lowest BCUT2D eigenvalue weighted by Gasteiger charge is -1.93. The van der Waals surface area contributed by atoms with Gasteiger partial charge in [-0.05, 0) is 24.0 Å². The molecule has 2 nitrogen and oxygen atoms in total. The minimum atomic E-state index is 0.196. The number of hydrogen-bond donors (Lipinski definition) is 0. The number of hydrogen-bond acceptors (Lipinski definition) is 3. The number of Topliss-reactive ketones (excluding diaryl/α,β-unsaturated/α-hetero) is 1. The lowest BCUT2D eigenvalue weighted by atomic mass is 10.1. The number of nitrogens with zero attached hydrogens (tertiary/aromatic N) is 1. The first-order chi connectivity index (χ1) is 7.81. The van der Waals surface area contributed by atoms with Gasteiger partial charge < -0.3 is 0 Å². The van der Waals surface area contributed by atoms with E-state index in [0.717, 1.165) is 22.6 Å². The second kappa shape index (κ2) is 5.03. The fraction of sp³-hybridized carbons (Fsp3) is 0.231. The van der Waals surface area contributed by atoms with E-state index >= 15 is 0 Å². The third-order valence-electron chi connectivity index (χ3n) is 2.33. The summed E-state index contributed by atoms with van der Waals surface area (Å²) in [5.74, 6) is 0.196. The molecule has 0 spiro atoms. The van der Waals surface area contributed by atoms with Crippen LogP contribution in [0.1, 0.15) is 29.4 Å². The van der Waals surface area contributed by atoms with Crippen LogP contribution >= 0.6 is 11.5 Å². The molecule has 0 unspecified atom stereocenters. The first-order valence-corrected chi connectivity index (χ1v) is 6.14. The minimum absolute atomic E-state index is 0.196. The Bertz CT molecular complexity index is 476. The fourth-order valence-corrected chi connectivity index (χ4v) is 2.22. The van der Waals surface area contributed by atoms with Gasteiger partial charge in [0.05, 0.1) is 10.6 Å². The lowest BCUT2D eigenvalue weighted by Crippen LogP contribution is -1.93. The van der Waals surface area contributed by atoms with Gasteiger partial charge in [0.2, 0.25) is 0 Å². The van der Waals surface area contributed by atoms with Gasteiger partial charge in [0.15, 0.2) is 5.78 Å². The zero-order chi connectivity index (χ0) is 11.4. The number of aromatic nitrogens is 1. The van der Waals surface area contributed by atoms with Crippen LogP contribution in [-0.2, 0) is 0 Å². The third kappa shape index (κ3) is 2.36. The van der Waals surface area contributed by atoms with Crippen molar-refractivity contribution in [1.82, 2.24) is 4.37 Å². The van der Waals surface area contributed by atoms with E-state index in [0.29, 0.717) is 6.42 Å². The predicted molar refractivity (Wildman–Crippen MR) is 66.8 cm³/mol. The van der Waals surface area contributed by atoms with Crippen molar-refractivity contribution in [1.29, 1.82) is 0 Å². The molecule has 0 N–H and O–H groups in total. The zero-order valence-electron chi connectivity index (χ0n) is 9.14. The molecule has 2 aromatic rings. The number of carbonyl (C=O) groups is 1. The van der Waals surface area contributed by atoms with Gasteiger partial charge in [0.1, 0.15) is 0 Å². The summed E-state index contributed by atoms with van der Waals surface area (Å²) in [6, 6.07) is 11.8. The molecular formula is C13H13NOS. The first kappa shape index (κ1) is 11.0. The minimum Gasteiger partial charge on any atom is -0.293 e. The number of rotatable bonds is 4. The monoisotopic (exact) mass is 231 g/mol. The van der Waals surface area contributed by atoms with Crippen LogP contribution < -0.4 is 0 Å². The molecule has 1 aromatic heterocycles. The Balaban J connectivity index is 2.23. The highest BCUT2D eigenvalue weighted by atomic mass is 32.1. The van der Waals surface area contributed by atoms with Gasteiger partial charge in [-0.3, -0.25) is 4.79 Å². The van der Waals surface area contributed by atoms with Crippen LogP contribution in [0.25, 0.3) is 11.3 Å². The van der Waals surface area contributed by atoms with E-state index < -0.39 is 0 Å². The molecule has 2 rings (SSSR count). The van der Waals surface area contributed by atoms with Gasteiger partial charge in [-0.25, -0.2) is 0 Å². The summed E-state index contributed by atoms with van der Waals surface area (Å²) in [5.41, 5.74) is 1.96. The molecule has 0 fully saturated rings. The first-order valence-electron chi connectivity index (χ1n) is 5.36. The lowest BCUT2D eigenvalue weighted by molar-refractivity contribution is 0.0985. The molecule has 0 aliphatic rings. The van der Waals surface area contributed by atoms with Crippen molar-refractivity contribution >= 4 is 17.3 Å². The highest BCUT2D eigenvalue weighted by Gasteiger charge is 2.10. The summed E-state index contributed by atoms with van der Waals surface area (Å²) in [5, 5.41) is 0. The molecule has 0 aliphatic carbocycles. The molecular weight excluding hydrogens is 218 g/mol. The summed E-state index contributed by atoms with van der Waals surface area (Å²) in [4.78, 5) is 12.4. The summed E-state index contributed by atoms with van der Waals surface area (Å²) in [7, 11) is 0. The Morgan fingerprint density at radius 3 is 2.75 bits per heavy atom. The van der Waals surface area contributed by atoms with E-state index in [4.69, 9.17) is 0 Å².